The molecular formula is C11H9BrClFN2. The molecule has 0 bridgehead atoms. The molecule has 0 aliphatic rings. The van der Waals surface area contributed by atoms with Crippen LogP contribution in [0.25, 0.3) is 5.69 Å². The molecule has 1 aromatic carbocycles. The Morgan fingerprint density at radius 2 is 2.25 bits per heavy atom. The summed E-state index contributed by atoms with van der Waals surface area (Å²) in [6, 6.07) is 4.58. The molecule has 1 aromatic heterocycles. The molecule has 5 heteroatoms. The highest BCUT2D eigenvalue weighted by molar-refractivity contribution is 9.08. The Kier molecular flexibility index (Phi) is 3.30. The fourth-order valence-electron chi connectivity index (χ4n) is 1.45. The van der Waals surface area contributed by atoms with E-state index in [2.05, 4.69) is 21.0 Å². The minimum atomic E-state index is -0.256. The second kappa shape index (κ2) is 4.55. The lowest BCUT2D eigenvalue weighted by molar-refractivity contribution is 0.625. The predicted molar refractivity (Wildman–Crippen MR) is 65.9 cm³/mol. The molecule has 0 radical (unpaired) electrons. The Morgan fingerprint density at radius 3 is 2.81 bits per heavy atom. The van der Waals surface area contributed by atoms with Crippen LogP contribution in [0.2, 0.25) is 5.02 Å². The standard InChI is InChI=1S/C11H9BrClFN2/c1-7-10(13)6-16(15-7)11-3-2-9(14)4-8(11)5-12/h2-4,6H,5H2,1H3. The number of nitrogens with zero attached hydrogens (tertiary/aromatic N) is 2. The summed E-state index contributed by atoms with van der Waals surface area (Å²) in [6.07, 6.45) is 1.72. The van der Waals surface area contributed by atoms with Gasteiger partial charge < -0.3 is 0 Å². The van der Waals surface area contributed by atoms with Gasteiger partial charge in [-0.1, -0.05) is 27.5 Å². The summed E-state index contributed by atoms with van der Waals surface area (Å²) in [4.78, 5) is 0. The fourth-order valence-corrected chi connectivity index (χ4v) is 2.03. The zero-order valence-electron chi connectivity index (χ0n) is 8.54. The lowest BCUT2D eigenvalue weighted by atomic mass is 10.2. The summed E-state index contributed by atoms with van der Waals surface area (Å²) in [5, 5.41) is 5.43. The highest BCUT2D eigenvalue weighted by Crippen LogP contribution is 2.21. The van der Waals surface area contributed by atoms with E-state index in [9.17, 15) is 4.39 Å². The van der Waals surface area contributed by atoms with Crippen molar-refractivity contribution in [1.82, 2.24) is 9.78 Å². The van der Waals surface area contributed by atoms with E-state index in [0.29, 0.717) is 10.4 Å². The molecule has 2 rings (SSSR count). The first-order chi connectivity index (χ1) is 7.61. The first-order valence-corrected chi connectivity index (χ1v) is 6.18. The quantitative estimate of drug-likeness (QED) is 0.770. The van der Waals surface area contributed by atoms with Crippen LogP contribution in [-0.4, -0.2) is 9.78 Å². The first kappa shape index (κ1) is 11.6. The summed E-state index contributed by atoms with van der Waals surface area (Å²) >= 11 is 9.26. The average molecular weight is 304 g/mol. The molecule has 0 spiro atoms. The van der Waals surface area contributed by atoms with E-state index in [0.717, 1.165) is 16.9 Å². The van der Waals surface area contributed by atoms with Crippen molar-refractivity contribution < 1.29 is 4.39 Å². The Hall–Kier alpha value is -0.870. The monoisotopic (exact) mass is 302 g/mol. The van der Waals surface area contributed by atoms with Gasteiger partial charge in [0.15, 0.2) is 0 Å². The lowest BCUT2D eigenvalue weighted by Crippen LogP contribution is -1.99. The Bertz CT molecular complexity index is 505. The molecule has 0 aliphatic carbocycles. The van der Waals surface area contributed by atoms with Crippen LogP contribution in [0.3, 0.4) is 0 Å². The van der Waals surface area contributed by atoms with Crippen LogP contribution in [0, 0.1) is 12.7 Å². The third-order valence-corrected chi connectivity index (χ3v) is 3.25. The van der Waals surface area contributed by atoms with E-state index in [1.54, 1.807) is 16.9 Å². The SMILES string of the molecule is Cc1nn(-c2ccc(F)cc2CBr)cc1Cl. The van der Waals surface area contributed by atoms with Gasteiger partial charge in [-0.25, -0.2) is 9.07 Å². The number of aromatic nitrogens is 2. The predicted octanol–water partition coefficient (Wildman–Crippen LogP) is 3.87. The molecule has 2 aromatic rings. The van der Waals surface area contributed by atoms with Crippen LogP contribution < -0.4 is 0 Å². The Balaban J connectivity index is 2.55. The molecule has 0 atom stereocenters. The van der Waals surface area contributed by atoms with Gasteiger partial charge in [0.1, 0.15) is 5.82 Å². The number of halogens is 3. The van der Waals surface area contributed by atoms with Crippen LogP contribution in [-0.2, 0) is 5.33 Å². The zero-order valence-corrected chi connectivity index (χ0v) is 10.9. The number of hydrogen-bond acceptors (Lipinski definition) is 1. The molecule has 16 heavy (non-hydrogen) atoms. The van der Waals surface area contributed by atoms with Crippen LogP contribution >= 0.6 is 27.5 Å². The molecule has 0 unspecified atom stereocenters. The smallest absolute Gasteiger partial charge is 0.123 e. The molecule has 0 saturated carbocycles. The molecule has 0 amide bonds. The number of alkyl halides is 1. The second-order valence-corrected chi connectivity index (χ2v) is 4.38. The summed E-state index contributed by atoms with van der Waals surface area (Å²) in [6.45, 7) is 1.83. The molecule has 0 fully saturated rings. The maximum absolute atomic E-state index is 13.1. The topological polar surface area (TPSA) is 17.8 Å². The van der Waals surface area contributed by atoms with Crippen LogP contribution in [0.15, 0.2) is 24.4 Å². The van der Waals surface area contributed by atoms with Gasteiger partial charge in [0.2, 0.25) is 0 Å². The van der Waals surface area contributed by atoms with Crippen molar-refractivity contribution in [2.45, 2.75) is 12.3 Å². The van der Waals surface area contributed by atoms with Crippen molar-refractivity contribution in [2.75, 3.05) is 0 Å². The summed E-state index contributed by atoms with van der Waals surface area (Å²) in [5.74, 6) is -0.256. The molecule has 84 valence electrons. The molecule has 0 N–H and O–H groups in total. The van der Waals surface area contributed by atoms with E-state index < -0.39 is 0 Å². The van der Waals surface area contributed by atoms with E-state index in [4.69, 9.17) is 11.6 Å². The van der Waals surface area contributed by atoms with Crippen molar-refractivity contribution in [1.29, 1.82) is 0 Å². The fraction of sp³-hybridized carbons (Fsp3) is 0.182. The van der Waals surface area contributed by atoms with Gasteiger partial charge in [0.05, 0.1) is 16.4 Å². The highest BCUT2D eigenvalue weighted by Gasteiger charge is 2.08. The Labute approximate surface area is 106 Å². The van der Waals surface area contributed by atoms with E-state index in [-0.39, 0.29) is 5.82 Å². The average Bonchev–Trinajstić information content (AvgIpc) is 2.59. The van der Waals surface area contributed by atoms with Gasteiger partial charge in [-0.3, -0.25) is 0 Å². The van der Waals surface area contributed by atoms with Crippen LogP contribution in [0.5, 0.6) is 0 Å². The normalized spacial score (nSPS) is 10.8. The van der Waals surface area contributed by atoms with Crippen molar-refractivity contribution in [3.8, 4) is 5.69 Å². The van der Waals surface area contributed by atoms with Crippen LogP contribution in [0.4, 0.5) is 4.39 Å². The lowest BCUT2D eigenvalue weighted by Gasteiger charge is -2.06. The summed E-state index contributed by atoms with van der Waals surface area (Å²) < 4.78 is 14.7. The molecule has 0 aliphatic heterocycles. The Morgan fingerprint density at radius 1 is 1.50 bits per heavy atom. The third kappa shape index (κ3) is 2.13. The maximum Gasteiger partial charge on any atom is 0.123 e. The minimum Gasteiger partial charge on any atom is -0.239 e. The zero-order chi connectivity index (χ0) is 11.7. The second-order valence-electron chi connectivity index (χ2n) is 3.41. The van der Waals surface area contributed by atoms with Gasteiger partial charge in [0, 0.05) is 11.5 Å². The van der Waals surface area contributed by atoms with Crippen molar-refractivity contribution in [3.05, 3.63) is 46.5 Å². The van der Waals surface area contributed by atoms with Gasteiger partial charge >= 0.3 is 0 Å². The number of benzene rings is 1. The number of aryl methyl sites for hydroxylation is 1. The van der Waals surface area contributed by atoms with Gasteiger partial charge in [-0.05, 0) is 30.7 Å². The van der Waals surface area contributed by atoms with Gasteiger partial charge in [0.25, 0.3) is 0 Å². The molecular weight excluding hydrogens is 294 g/mol. The van der Waals surface area contributed by atoms with E-state index in [1.807, 2.05) is 6.92 Å². The minimum absolute atomic E-state index is 0.256. The molecule has 2 nitrogen and oxygen atoms in total. The van der Waals surface area contributed by atoms with Gasteiger partial charge in [-0.2, -0.15) is 5.10 Å². The third-order valence-electron chi connectivity index (χ3n) is 2.27. The summed E-state index contributed by atoms with van der Waals surface area (Å²) in [7, 11) is 0. The van der Waals surface area contributed by atoms with Crippen LogP contribution in [0.1, 0.15) is 11.3 Å². The molecule has 1 heterocycles. The molecule has 0 saturated heterocycles. The van der Waals surface area contributed by atoms with Crippen molar-refractivity contribution in [3.63, 3.8) is 0 Å². The largest absolute Gasteiger partial charge is 0.239 e. The maximum atomic E-state index is 13.1. The number of rotatable bonds is 2. The van der Waals surface area contributed by atoms with Gasteiger partial charge in [-0.15, -0.1) is 0 Å². The van der Waals surface area contributed by atoms with Crippen molar-refractivity contribution >= 4 is 27.5 Å². The first-order valence-electron chi connectivity index (χ1n) is 4.68. The highest BCUT2D eigenvalue weighted by atomic mass is 79.9. The summed E-state index contributed by atoms with van der Waals surface area (Å²) in [5.41, 5.74) is 2.42. The number of hydrogen-bond donors (Lipinski definition) is 0. The van der Waals surface area contributed by atoms with Crippen molar-refractivity contribution in [2.24, 2.45) is 0 Å². The van der Waals surface area contributed by atoms with E-state index in [1.165, 1.54) is 12.1 Å². The van der Waals surface area contributed by atoms with E-state index >= 15 is 0 Å².